The van der Waals surface area contributed by atoms with Gasteiger partial charge in [-0.1, -0.05) is 12.1 Å². The number of rotatable bonds is 6. The van der Waals surface area contributed by atoms with Crippen molar-refractivity contribution >= 4 is 11.8 Å². The maximum absolute atomic E-state index is 12.5. The third kappa shape index (κ3) is 3.87. The summed E-state index contributed by atoms with van der Waals surface area (Å²) in [6.45, 7) is 5.67. The van der Waals surface area contributed by atoms with Gasteiger partial charge >= 0.3 is 0 Å². The molecule has 1 aromatic heterocycles. The molecule has 2 heterocycles. The SMILES string of the molecule is CCOc1ccccc1C(=O)NCc1nc(C(=O)N2CCCC2)c(C)o1. The number of nitrogens with zero attached hydrogens (tertiary/aromatic N) is 2. The molecule has 0 spiro atoms. The number of aryl methyl sites for hydroxylation is 1. The predicted octanol–water partition coefficient (Wildman–Crippen LogP) is 2.55. The summed E-state index contributed by atoms with van der Waals surface area (Å²) in [6.07, 6.45) is 2.04. The van der Waals surface area contributed by atoms with E-state index in [2.05, 4.69) is 10.3 Å². The highest BCUT2D eigenvalue weighted by Gasteiger charge is 2.25. The van der Waals surface area contributed by atoms with E-state index in [-0.39, 0.29) is 18.4 Å². The molecular weight excluding hydrogens is 334 g/mol. The van der Waals surface area contributed by atoms with Crippen LogP contribution in [0.4, 0.5) is 0 Å². The Balaban J connectivity index is 1.66. The number of aromatic nitrogens is 1. The van der Waals surface area contributed by atoms with Crippen LogP contribution < -0.4 is 10.1 Å². The van der Waals surface area contributed by atoms with E-state index in [1.807, 2.05) is 13.0 Å². The Labute approximate surface area is 152 Å². The lowest BCUT2D eigenvalue weighted by Crippen LogP contribution is -2.28. The molecule has 2 aromatic rings. The summed E-state index contributed by atoms with van der Waals surface area (Å²) in [5, 5.41) is 2.76. The molecule has 0 saturated carbocycles. The van der Waals surface area contributed by atoms with Gasteiger partial charge in [0.15, 0.2) is 5.69 Å². The molecular formula is C19H23N3O4. The first-order chi connectivity index (χ1) is 12.6. The number of benzene rings is 1. The molecule has 7 heteroatoms. The molecule has 1 saturated heterocycles. The molecule has 1 aliphatic heterocycles. The molecule has 138 valence electrons. The topological polar surface area (TPSA) is 84.7 Å². The largest absolute Gasteiger partial charge is 0.493 e. The molecule has 1 fully saturated rings. The van der Waals surface area contributed by atoms with Crippen LogP contribution in [0.25, 0.3) is 0 Å². The summed E-state index contributed by atoms with van der Waals surface area (Å²) in [5.41, 5.74) is 0.775. The predicted molar refractivity (Wildman–Crippen MR) is 95.2 cm³/mol. The van der Waals surface area contributed by atoms with Crippen LogP contribution in [0.15, 0.2) is 28.7 Å². The number of carbonyl (C=O) groups excluding carboxylic acids is 2. The molecule has 0 aliphatic carbocycles. The summed E-state index contributed by atoms with van der Waals surface area (Å²) < 4.78 is 11.0. The molecule has 1 aromatic carbocycles. The van der Waals surface area contributed by atoms with Gasteiger partial charge in [-0.2, -0.15) is 0 Å². The summed E-state index contributed by atoms with van der Waals surface area (Å²) >= 11 is 0. The van der Waals surface area contributed by atoms with Crippen LogP contribution in [0, 0.1) is 6.92 Å². The first-order valence-corrected chi connectivity index (χ1v) is 8.85. The molecule has 0 atom stereocenters. The van der Waals surface area contributed by atoms with Crippen molar-refractivity contribution in [3.05, 3.63) is 47.2 Å². The van der Waals surface area contributed by atoms with Crippen molar-refractivity contribution in [2.24, 2.45) is 0 Å². The maximum Gasteiger partial charge on any atom is 0.276 e. The van der Waals surface area contributed by atoms with Crippen molar-refractivity contribution < 1.29 is 18.7 Å². The standard InChI is InChI=1S/C19H23N3O4/c1-3-25-15-9-5-4-8-14(15)18(23)20-12-16-21-17(13(2)26-16)19(24)22-10-6-7-11-22/h4-5,8-9H,3,6-7,10-12H2,1-2H3,(H,20,23). The van der Waals surface area contributed by atoms with E-state index >= 15 is 0 Å². The maximum atomic E-state index is 12.5. The quantitative estimate of drug-likeness (QED) is 0.859. The Morgan fingerprint density at radius 3 is 2.73 bits per heavy atom. The van der Waals surface area contributed by atoms with E-state index in [9.17, 15) is 9.59 Å². The number of nitrogens with one attached hydrogen (secondary N) is 1. The number of carbonyl (C=O) groups is 2. The molecule has 1 N–H and O–H groups in total. The van der Waals surface area contributed by atoms with E-state index in [0.717, 1.165) is 25.9 Å². The summed E-state index contributed by atoms with van der Waals surface area (Å²) in [5.74, 6) is 0.925. The van der Waals surface area contributed by atoms with Gasteiger partial charge in [0.1, 0.15) is 11.5 Å². The molecule has 0 bridgehead atoms. The average Bonchev–Trinajstić information content (AvgIpc) is 3.30. The van der Waals surface area contributed by atoms with Gasteiger partial charge in [0.05, 0.1) is 18.7 Å². The first kappa shape index (κ1) is 18.0. The van der Waals surface area contributed by atoms with Gasteiger partial charge in [0.25, 0.3) is 11.8 Å². The van der Waals surface area contributed by atoms with Gasteiger partial charge in [0.2, 0.25) is 5.89 Å². The molecule has 0 unspecified atom stereocenters. The second-order valence-electron chi connectivity index (χ2n) is 6.12. The second kappa shape index (κ2) is 8.03. The van der Waals surface area contributed by atoms with E-state index in [4.69, 9.17) is 9.15 Å². The zero-order valence-corrected chi connectivity index (χ0v) is 15.1. The Morgan fingerprint density at radius 1 is 1.27 bits per heavy atom. The fraction of sp³-hybridized carbons (Fsp3) is 0.421. The van der Waals surface area contributed by atoms with Crippen LogP contribution in [0.5, 0.6) is 5.75 Å². The van der Waals surface area contributed by atoms with Crippen molar-refractivity contribution in [2.45, 2.75) is 33.2 Å². The van der Waals surface area contributed by atoms with Gasteiger partial charge in [-0.3, -0.25) is 9.59 Å². The van der Waals surface area contributed by atoms with Crippen LogP contribution in [0.1, 0.15) is 52.3 Å². The Morgan fingerprint density at radius 2 is 2.00 bits per heavy atom. The molecule has 1 aliphatic rings. The lowest BCUT2D eigenvalue weighted by atomic mass is 10.2. The number of hydrogen-bond donors (Lipinski definition) is 1. The van der Waals surface area contributed by atoms with Gasteiger partial charge in [-0.05, 0) is 38.8 Å². The van der Waals surface area contributed by atoms with E-state index < -0.39 is 0 Å². The van der Waals surface area contributed by atoms with E-state index in [0.29, 0.717) is 35.3 Å². The van der Waals surface area contributed by atoms with Crippen molar-refractivity contribution in [2.75, 3.05) is 19.7 Å². The van der Waals surface area contributed by atoms with Crippen LogP contribution in [-0.4, -0.2) is 41.4 Å². The van der Waals surface area contributed by atoms with Gasteiger partial charge < -0.3 is 19.4 Å². The van der Waals surface area contributed by atoms with E-state index in [1.165, 1.54) is 0 Å². The number of ether oxygens (including phenoxy) is 1. The van der Waals surface area contributed by atoms with Gasteiger partial charge in [-0.25, -0.2) is 4.98 Å². The highest BCUT2D eigenvalue weighted by molar-refractivity contribution is 5.97. The zero-order chi connectivity index (χ0) is 18.5. The lowest BCUT2D eigenvalue weighted by Gasteiger charge is -2.13. The number of hydrogen-bond acceptors (Lipinski definition) is 5. The fourth-order valence-electron chi connectivity index (χ4n) is 2.98. The first-order valence-electron chi connectivity index (χ1n) is 8.85. The number of para-hydroxylation sites is 1. The van der Waals surface area contributed by atoms with Crippen LogP contribution >= 0.6 is 0 Å². The van der Waals surface area contributed by atoms with Gasteiger partial charge in [0, 0.05) is 13.1 Å². The molecule has 7 nitrogen and oxygen atoms in total. The zero-order valence-electron chi connectivity index (χ0n) is 15.1. The number of amides is 2. The van der Waals surface area contributed by atoms with Crippen LogP contribution in [0.2, 0.25) is 0 Å². The van der Waals surface area contributed by atoms with Crippen molar-refractivity contribution in [3.63, 3.8) is 0 Å². The normalized spacial score (nSPS) is 13.7. The van der Waals surface area contributed by atoms with Crippen LogP contribution in [-0.2, 0) is 6.54 Å². The third-order valence-electron chi connectivity index (χ3n) is 4.27. The summed E-state index contributed by atoms with van der Waals surface area (Å²) in [6, 6.07) is 7.04. The Bertz CT molecular complexity index is 794. The fourth-order valence-corrected chi connectivity index (χ4v) is 2.98. The molecule has 2 amide bonds. The Hall–Kier alpha value is -2.83. The molecule has 3 rings (SSSR count). The van der Waals surface area contributed by atoms with Crippen LogP contribution in [0.3, 0.4) is 0 Å². The minimum Gasteiger partial charge on any atom is -0.493 e. The highest BCUT2D eigenvalue weighted by atomic mass is 16.5. The van der Waals surface area contributed by atoms with Gasteiger partial charge in [-0.15, -0.1) is 0 Å². The average molecular weight is 357 g/mol. The third-order valence-corrected chi connectivity index (χ3v) is 4.27. The van der Waals surface area contributed by atoms with Crippen molar-refractivity contribution in [1.82, 2.24) is 15.2 Å². The second-order valence-corrected chi connectivity index (χ2v) is 6.12. The lowest BCUT2D eigenvalue weighted by molar-refractivity contribution is 0.0785. The minimum atomic E-state index is -0.280. The van der Waals surface area contributed by atoms with E-state index in [1.54, 1.807) is 30.0 Å². The monoisotopic (exact) mass is 357 g/mol. The smallest absolute Gasteiger partial charge is 0.276 e. The molecule has 0 radical (unpaired) electrons. The minimum absolute atomic E-state index is 0.105. The number of likely N-dealkylation sites (tertiary alicyclic amines) is 1. The highest BCUT2D eigenvalue weighted by Crippen LogP contribution is 2.19. The molecule has 26 heavy (non-hydrogen) atoms. The van der Waals surface area contributed by atoms with Crippen molar-refractivity contribution in [1.29, 1.82) is 0 Å². The number of oxazole rings is 1. The summed E-state index contributed by atoms with van der Waals surface area (Å²) in [4.78, 5) is 30.9. The summed E-state index contributed by atoms with van der Waals surface area (Å²) in [7, 11) is 0. The Kier molecular flexibility index (Phi) is 5.55. The van der Waals surface area contributed by atoms with Crippen molar-refractivity contribution in [3.8, 4) is 5.75 Å².